The van der Waals surface area contributed by atoms with Crippen LogP contribution in [0.5, 0.6) is 23.0 Å². The molecular formula is C32H34O6. The Balaban J connectivity index is 1.38. The monoisotopic (exact) mass is 514 g/mol. The molecule has 6 nitrogen and oxygen atoms in total. The number of benzene rings is 4. The van der Waals surface area contributed by atoms with Crippen LogP contribution in [-0.4, -0.2) is 31.9 Å². The maximum Gasteiger partial charge on any atom is 0.342 e. The van der Waals surface area contributed by atoms with Gasteiger partial charge in [0.05, 0.1) is 20.8 Å². The van der Waals surface area contributed by atoms with E-state index >= 15 is 0 Å². The topological polar surface area (TPSA) is 74.2 Å². The summed E-state index contributed by atoms with van der Waals surface area (Å²) in [5.41, 5.74) is 2.87. The van der Waals surface area contributed by atoms with Crippen LogP contribution in [0.25, 0.3) is 10.8 Å². The number of phenols is 1. The molecule has 0 aliphatic heterocycles. The second-order valence-electron chi connectivity index (χ2n) is 9.09. The number of phenolic OH excluding ortho intramolecular Hbond substituents is 1. The molecule has 198 valence electrons. The van der Waals surface area contributed by atoms with Gasteiger partial charge in [-0.2, -0.15) is 0 Å². The average Bonchev–Trinajstić information content (AvgIpc) is 2.95. The second kappa shape index (κ2) is 12.9. The lowest BCUT2D eigenvalue weighted by molar-refractivity contribution is 0.0469. The van der Waals surface area contributed by atoms with Crippen LogP contribution < -0.4 is 14.2 Å². The number of aromatic hydroxyl groups is 1. The van der Waals surface area contributed by atoms with Gasteiger partial charge < -0.3 is 24.1 Å². The summed E-state index contributed by atoms with van der Waals surface area (Å²) in [6.45, 7) is 2.65. The largest absolute Gasteiger partial charge is 0.507 e. The molecular weight excluding hydrogens is 480 g/mol. The first-order chi connectivity index (χ1) is 18.5. The van der Waals surface area contributed by atoms with Crippen molar-refractivity contribution in [2.24, 2.45) is 0 Å². The summed E-state index contributed by atoms with van der Waals surface area (Å²) in [6, 6.07) is 23.1. The third kappa shape index (κ3) is 6.38. The molecule has 4 rings (SSSR count). The fourth-order valence-corrected chi connectivity index (χ4v) is 4.45. The van der Waals surface area contributed by atoms with Crippen LogP contribution in [0.4, 0.5) is 0 Å². The number of ether oxygens (including phenoxy) is 4. The maximum absolute atomic E-state index is 12.7. The van der Waals surface area contributed by atoms with Gasteiger partial charge in [0.2, 0.25) is 0 Å². The molecule has 0 aliphatic carbocycles. The molecule has 0 aromatic heterocycles. The van der Waals surface area contributed by atoms with Crippen molar-refractivity contribution < 1.29 is 28.8 Å². The molecule has 0 radical (unpaired) electrons. The van der Waals surface area contributed by atoms with E-state index in [2.05, 4.69) is 18.2 Å². The normalized spacial score (nSPS) is 10.8. The maximum atomic E-state index is 12.7. The van der Waals surface area contributed by atoms with Crippen molar-refractivity contribution in [1.29, 1.82) is 0 Å². The molecule has 0 aliphatic rings. The molecule has 4 aromatic rings. The SMILES string of the molecule is CCCc1c(OCCCc2ccc3cc(OC)c(OC)cc3c2)ccc(C(=O)OCc2ccccc2)c1O. The molecule has 38 heavy (non-hydrogen) atoms. The molecule has 0 amide bonds. The lowest BCUT2D eigenvalue weighted by Crippen LogP contribution is -2.08. The molecule has 0 spiro atoms. The zero-order valence-electron chi connectivity index (χ0n) is 22.2. The Morgan fingerprint density at radius 2 is 1.53 bits per heavy atom. The molecule has 0 atom stereocenters. The minimum absolute atomic E-state index is 0.0682. The minimum Gasteiger partial charge on any atom is -0.507 e. The number of carbonyl (C=O) groups is 1. The Labute approximate surface area is 223 Å². The first-order valence-corrected chi connectivity index (χ1v) is 12.9. The highest BCUT2D eigenvalue weighted by Crippen LogP contribution is 2.34. The molecule has 0 unspecified atom stereocenters. The molecule has 0 fully saturated rings. The van der Waals surface area contributed by atoms with E-state index in [1.54, 1.807) is 26.4 Å². The van der Waals surface area contributed by atoms with Gasteiger partial charge in [0.1, 0.15) is 23.7 Å². The number of fused-ring (bicyclic) bond motifs is 1. The van der Waals surface area contributed by atoms with E-state index < -0.39 is 5.97 Å². The van der Waals surface area contributed by atoms with Gasteiger partial charge in [-0.3, -0.25) is 0 Å². The lowest BCUT2D eigenvalue weighted by Gasteiger charge is -2.15. The van der Waals surface area contributed by atoms with Crippen LogP contribution in [0.3, 0.4) is 0 Å². The van der Waals surface area contributed by atoms with Crippen molar-refractivity contribution in [1.82, 2.24) is 0 Å². The second-order valence-corrected chi connectivity index (χ2v) is 9.09. The summed E-state index contributed by atoms with van der Waals surface area (Å²) >= 11 is 0. The van der Waals surface area contributed by atoms with Crippen LogP contribution in [0.2, 0.25) is 0 Å². The third-order valence-electron chi connectivity index (χ3n) is 6.45. The molecule has 0 saturated heterocycles. The van der Waals surface area contributed by atoms with E-state index in [0.29, 0.717) is 35.8 Å². The third-order valence-corrected chi connectivity index (χ3v) is 6.45. The number of rotatable bonds is 12. The Morgan fingerprint density at radius 1 is 0.789 bits per heavy atom. The van der Waals surface area contributed by atoms with E-state index in [4.69, 9.17) is 18.9 Å². The predicted molar refractivity (Wildman–Crippen MR) is 149 cm³/mol. The number of hydrogen-bond donors (Lipinski definition) is 1. The van der Waals surface area contributed by atoms with Crippen molar-refractivity contribution in [3.05, 3.63) is 95.1 Å². The summed E-state index contributed by atoms with van der Waals surface area (Å²) in [6.07, 6.45) is 3.03. The quantitative estimate of drug-likeness (QED) is 0.164. The highest BCUT2D eigenvalue weighted by molar-refractivity contribution is 5.93. The molecule has 0 saturated carbocycles. The predicted octanol–water partition coefficient (Wildman–Crippen LogP) is 6.88. The first kappa shape index (κ1) is 26.9. The van der Waals surface area contributed by atoms with E-state index in [1.165, 1.54) is 5.56 Å². The molecule has 6 heteroatoms. The summed E-state index contributed by atoms with van der Waals surface area (Å²) in [4.78, 5) is 12.7. The van der Waals surface area contributed by atoms with Crippen molar-refractivity contribution in [2.75, 3.05) is 20.8 Å². The summed E-state index contributed by atoms with van der Waals surface area (Å²) in [5.74, 6) is 1.39. The van der Waals surface area contributed by atoms with E-state index in [-0.39, 0.29) is 17.9 Å². The fourth-order valence-electron chi connectivity index (χ4n) is 4.45. The van der Waals surface area contributed by atoms with Gasteiger partial charge in [-0.1, -0.05) is 61.9 Å². The van der Waals surface area contributed by atoms with Crippen LogP contribution >= 0.6 is 0 Å². The zero-order chi connectivity index (χ0) is 26.9. The number of hydrogen-bond acceptors (Lipinski definition) is 6. The van der Waals surface area contributed by atoms with Gasteiger partial charge >= 0.3 is 5.97 Å². The van der Waals surface area contributed by atoms with Crippen molar-refractivity contribution in [3.63, 3.8) is 0 Å². The van der Waals surface area contributed by atoms with Gasteiger partial charge in [0, 0.05) is 5.56 Å². The van der Waals surface area contributed by atoms with Crippen molar-refractivity contribution >= 4 is 16.7 Å². The van der Waals surface area contributed by atoms with E-state index in [0.717, 1.165) is 35.6 Å². The van der Waals surface area contributed by atoms with E-state index in [9.17, 15) is 9.90 Å². The standard InChI is InChI=1S/C32H34O6/c1-4-9-26-28(16-15-27(31(26)33)32(34)38-21-23-10-6-5-7-11-23)37-17-8-12-22-13-14-24-19-29(35-2)30(36-3)20-25(24)18-22/h5-7,10-11,13-16,18-20,33H,4,8-9,12,17,21H2,1-3H3. The highest BCUT2D eigenvalue weighted by atomic mass is 16.5. The Morgan fingerprint density at radius 3 is 2.24 bits per heavy atom. The van der Waals surface area contributed by atoms with Crippen molar-refractivity contribution in [2.45, 2.75) is 39.2 Å². The van der Waals surface area contributed by atoms with Crippen LogP contribution in [0.15, 0.2) is 72.8 Å². The van der Waals surface area contributed by atoms with Gasteiger partial charge in [-0.05, 0) is 65.4 Å². The summed E-state index contributed by atoms with van der Waals surface area (Å²) < 4.78 is 22.3. The smallest absolute Gasteiger partial charge is 0.342 e. The zero-order valence-corrected chi connectivity index (χ0v) is 22.2. The molecule has 0 heterocycles. The van der Waals surface area contributed by atoms with E-state index in [1.807, 2.05) is 49.4 Å². The Kier molecular flexibility index (Phi) is 9.09. The van der Waals surface area contributed by atoms with Crippen LogP contribution in [0, 0.1) is 0 Å². The minimum atomic E-state index is -0.555. The number of carbonyl (C=O) groups excluding carboxylic acids is 1. The first-order valence-electron chi connectivity index (χ1n) is 12.9. The molecule has 4 aromatic carbocycles. The number of esters is 1. The Bertz CT molecular complexity index is 1380. The highest BCUT2D eigenvalue weighted by Gasteiger charge is 2.19. The fraction of sp³-hybridized carbons (Fsp3) is 0.281. The molecule has 0 bridgehead atoms. The summed E-state index contributed by atoms with van der Waals surface area (Å²) in [7, 11) is 3.27. The van der Waals surface area contributed by atoms with Gasteiger partial charge in [-0.15, -0.1) is 0 Å². The molecule has 1 N–H and O–H groups in total. The average molecular weight is 515 g/mol. The Hall–Kier alpha value is -4.19. The summed E-state index contributed by atoms with van der Waals surface area (Å²) in [5, 5.41) is 13.1. The lowest BCUT2D eigenvalue weighted by atomic mass is 10.0. The number of aryl methyl sites for hydroxylation is 1. The van der Waals surface area contributed by atoms with Gasteiger partial charge in [-0.25, -0.2) is 4.79 Å². The van der Waals surface area contributed by atoms with Crippen LogP contribution in [0.1, 0.15) is 46.8 Å². The number of methoxy groups -OCH3 is 2. The van der Waals surface area contributed by atoms with Gasteiger partial charge in [0.15, 0.2) is 11.5 Å². The van der Waals surface area contributed by atoms with Crippen molar-refractivity contribution in [3.8, 4) is 23.0 Å². The van der Waals surface area contributed by atoms with Gasteiger partial charge in [0.25, 0.3) is 0 Å². The van der Waals surface area contributed by atoms with Crippen LogP contribution in [-0.2, 0) is 24.2 Å².